The minimum atomic E-state index is -0.462. The zero-order valence-corrected chi connectivity index (χ0v) is 26.4. The molecule has 1 unspecified atom stereocenters. The average molecular weight is 625 g/mol. The Morgan fingerprint density at radius 1 is 1.05 bits per heavy atom. The van der Waals surface area contributed by atoms with Crippen molar-refractivity contribution in [2.24, 2.45) is 0 Å². The van der Waals surface area contributed by atoms with E-state index >= 15 is 0 Å². The molecular formula is C35H43BrFNO3. The number of hydrogen-bond donors (Lipinski definition) is 1. The molecule has 4 nitrogen and oxygen atoms in total. The largest absolute Gasteiger partial charge is 0.489 e. The number of anilines is 1. The molecule has 41 heavy (non-hydrogen) atoms. The van der Waals surface area contributed by atoms with E-state index in [9.17, 15) is 14.3 Å². The Balaban J connectivity index is 0.000000558. The van der Waals surface area contributed by atoms with Crippen LogP contribution in [0.25, 0.3) is 0 Å². The lowest BCUT2D eigenvalue weighted by atomic mass is 10.1. The third kappa shape index (κ3) is 15.6. The molecule has 1 amide bonds. The van der Waals surface area contributed by atoms with Crippen LogP contribution in [0.5, 0.6) is 0 Å². The van der Waals surface area contributed by atoms with Gasteiger partial charge in [0.2, 0.25) is 5.91 Å². The van der Waals surface area contributed by atoms with Crippen LogP contribution in [0, 0.1) is 18.2 Å². The molecule has 1 N–H and O–H groups in total. The van der Waals surface area contributed by atoms with Crippen molar-refractivity contribution >= 4 is 27.5 Å². The second kappa shape index (κ2) is 24.2. The number of hydrogen-bond acceptors (Lipinski definition) is 3. The van der Waals surface area contributed by atoms with Gasteiger partial charge >= 0.3 is 0 Å². The van der Waals surface area contributed by atoms with E-state index in [4.69, 9.17) is 11.2 Å². The molecule has 0 spiro atoms. The summed E-state index contributed by atoms with van der Waals surface area (Å²) in [4.78, 5) is 12.7. The molecule has 3 aromatic carbocycles. The maximum Gasteiger partial charge on any atom is 0.228 e. The zero-order valence-electron chi connectivity index (χ0n) is 24.8. The highest BCUT2D eigenvalue weighted by molar-refractivity contribution is 9.08. The van der Waals surface area contributed by atoms with Gasteiger partial charge in [0.15, 0.2) is 0 Å². The minimum Gasteiger partial charge on any atom is -0.489 e. The van der Waals surface area contributed by atoms with E-state index in [-0.39, 0.29) is 11.7 Å². The number of carbonyl (C=O) groups excluding carboxylic acids is 1. The fraction of sp³-hybridized carbons (Fsp3) is 0.286. The predicted molar refractivity (Wildman–Crippen MR) is 174 cm³/mol. The molecule has 1 aliphatic heterocycles. The number of aliphatic hydroxyl groups is 1. The third-order valence-electron chi connectivity index (χ3n) is 5.44. The van der Waals surface area contributed by atoms with Crippen LogP contribution in [0.3, 0.4) is 0 Å². The number of β-lactam (4-membered cyclic amide) rings is 1. The second-order valence-electron chi connectivity index (χ2n) is 8.07. The van der Waals surface area contributed by atoms with Gasteiger partial charge in [0.1, 0.15) is 18.2 Å². The van der Waals surface area contributed by atoms with Crippen molar-refractivity contribution in [2.75, 3.05) is 17.3 Å². The summed E-state index contributed by atoms with van der Waals surface area (Å²) in [5, 5.41) is 9.30. The van der Waals surface area contributed by atoms with Gasteiger partial charge in [0.25, 0.3) is 0 Å². The quantitative estimate of drug-likeness (QED) is 0.0939. The van der Waals surface area contributed by atoms with Crippen LogP contribution in [0.4, 0.5) is 10.1 Å². The van der Waals surface area contributed by atoms with E-state index in [1.165, 1.54) is 12.1 Å². The van der Waals surface area contributed by atoms with Crippen LogP contribution in [0.2, 0.25) is 0 Å². The van der Waals surface area contributed by atoms with E-state index in [2.05, 4.69) is 21.9 Å². The van der Waals surface area contributed by atoms with E-state index in [1.807, 2.05) is 100 Å². The average Bonchev–Trinajstić information content (AvgIpc) is 3.04. The van der Waals surface area contributed by atoms with Gasteiger partial charge in [-0.05, 0) is 72.8 Å². The number of nitrogens with zero attached hydrogens (tertiary/aromatic N) is 1. The van der Waals surface area contributed by atoms with Gasteiger partial charge in [-0.15, -0.1) is 6.42 Å². The van der Waals surface area contributed by atoms with Crippen LogP contribution in [-0.4, -0.2) is 23.4 Å². The second-order valence-corrected chi connectivity index (χ2v) is 8.07. The van der Waals surface area contributed by atoms with E-state index in [0.717, 1.165) is 29.1 Å². The predicted octanol–water partition coefficient (Wildman–Crippen LogP) is 9.03. The number of terminal acetylenes is 1. The molecule has 1 fully saturated rings. The molecule has 1 heterocycles. The number of benzene rings is 3. The molecule has 1 saturated heterocycles. The highest BCUT2D eigenvalue weighted by Crippen LogP contribution is 2.20. The lowest BCUT2D eigenvalue weighted by Crippen LogP contribution is -2.43. The molecule has 220 valence electrons. The lowest BCUT2D eigenvalue weighted by molar-refractivity contribution is -0.122. The van der Waals surface area contributed by atoms with Gasteiger partial charge < -0.3 is 14.7 Å². The van der Waals surface area contributed by atoms with Gasteiger partial charge in [0.05, 0.1) is 6.10 Å². The van der Waals surface area contributed by atoms with Crippen LogP contribution in [0.1, 0.15) is 57.8 Å². The van der Waals surface area contributed by atoms with Crippen molar-refractivity contribution in [3.05, 3.63) is 126 Å². The highest BCUT2D eigenvalue weighted by Gasteiger charge is 2.24. The smallest absolute Gasteiger partial charge is 0.228 e. The molecule has 0 radical (unpaired) electrons. The van der Waals surface area contributed by atoms with Crippen molar-refractivity contribution in [2.45, 2.75) is 53.2 Å². The molecule has 6 heteroatoms. The Kier molecular flexibility index (Phi) is 22.0. The number of ether oxygens (including phenoxy) is 1. The van der Waals surface area contributed by atoms with E-state index < -0.39 is 6.10 Å². The van der Waals surface area contributed by atoms with E-state index in [0.29, 0.717) is 19.4 Å². The van der Waals surface area contributed by atoms with Crippen LogP contribution in [-0.2, 0) is 16.1 Å². The first-order valence-electron chi connectivity index (χ1n) is 13.6. The first-order chi connectivity index (χ1) is 20.0. The number of allylic oxidation sites excluding steroid dienone is 3. The van der Waals surface area contributed by atoms with Crippen LogP contribution in [0.15, 0.2) is 109 Å². The summed E-state index contributed by atoms with van der Waals surface area (Å²) >= 11 is 2.94. The van der Waals surface area contributed by atoms with Crippen molar-refractivity contribution in [3.63, 3.8) is 0 Å². The number of para-hydroxylation sites is 1. The molecule has 1 atom stereocenters. The normalized spacial score (nSPS) is 12.3. The standard InChI is InChI=1S/C14H14O.C9H11FO.C9H9NO.C2H6.CH3Br/c1-3-5-11-14(4-2)15-12-13-9-7-6-8-10-13;1-2-9(11)7-3-5-8(10)6-4-7;11-9-6-7-10(9)8-4-2-1-3-5-8;2*1-2/h1,4-11H,12H2,2H3;3-6,9,11H,2H2,1H3;1-5H,6-7H2;1-2H3;1H3/b11-5-,14-4+;;;;. The Labute approximate surface area is 254 Å². The Bertz CT molecular complexity index is 1170. The van der Waals surface area contributed by atoms with Gasteiger partial charge in [-0.3, -0.25) is 4.79 Å². The van der Waals surface area contributed by atoms with Gasteiger partial charge in [-0.1, -0.05) is 103 Å². The van der Waals surface area contributed by atoms with Crippen molar-refractivity contribution in [1.82, 2.24) is 0 Å². The number of carbonyl (C=O) groups is 1. The summed E-state index contributed by atoms with van der Waals surface area (Å²) in [7, 11) is 0. The summed E-state index contributed by atoms with van der Waals surface area (Å²) in [6.07, 6.45) is 11.3. The maximum atomic E-state index is 12.4. The monoisotopic (exact) mass is 623 g/mol. The number of alkyl halides is 1. The first kappa shape index (κ1) is 37.3. The number of amides is 1. The van der Waals surface area contributed by atoms with Crippen molar-refractivity contribution in [3.8, 4) is 12.3 Å². The number of aliphatic hydroxyl groups excluding tert-OH is 1. The Hall–Kier alpha value is -3.66. The fourth-order valence-corrected chi connectivity index (χ4v) is 3.22. The van der Waals surface area contributed by atoms with Crippen LogP contribution < -0.4 is 4.90 Å². The minimum absolute atomic E-state index is 0.233. The molecule has 4 rings (SSSR count). The summed E-state index contributed by atoms with van der Waals surface area (Å²) in [6.45, 7) is 9.24. The lowest BCUT2D eigenvalue weighted by Gasteiger charge is -2.30. The molecule has 0 bridgehead atoms. The number of rotatable bonds is 7. The number of halogens is 2. The van der Waals surface area contributed by atoms with Gasteiger partial charge in [-0.2, -0.15) is 0 Å². The first-order valence-corrected chi connectivity index (χ1v) is 15.2. The van der Waals surface area contributed by atoms with Crippen LogP contribution >= 0.6 is 15.9 Å². The summed E-state index contributed by atoms with van der Waals surface area (Å²) in [5.74, 6) is 5.00. The summed E-state index contributed by atoms with van der Waals surface area (Å²) in [5.41, 5.74) is 2.93. The Morgan fingerprint density at radius 2 is 1.61 bits per heavy atom. The van der Waals surface area contributed by atoms with Gasteiger partial charge in [0, 0.05) is 18.7 Å². The zero-order chi connectivity index (χ0) is 30.9. The maximum absolute atomic E-state index is 12.4. The summed E-state index contributed by atoms with van der Waals surface area (Å²) < 4.78 is 17.9. The third-order valence-corrected chi connectivity index (χ3v) is 5.44. The van der Waals surface area contributed by atoms with Crippen molar-refractivity contribution in [1.29, 1.82) is 0 Å². The van der Waals surface area contributed by atoms with Crippen molar-refractivity contribution < 1.29 is 19.0 Å². The SMILES string of the molecule is C#C/C=C\C(=C/C)OCc1ccccc1.CBr.CC.CCC(O)c1ccc(F)cc1.O=C1CCN1c1ccccc1. The Morgan fingerprint density at radius 3 is 2.05 bits per heavy atom. The topological polar surface area (TPSA) is 49.8 Å². The molecule has 1 aliphatic rings. The molecule has 3 aromatic rings. The molecular weight excluding hydrogens is 581 g/mol. The highest BCUT2D eigenvalue weighted by atomic mass is 79.9. The molecule has 0 aliphatic carbocycles. The molecule has 0 aromatic heterocycles. The van der Waals surface area contributed by atoms with Gasteiger partial charge in [-0.25, -0.2) is 4.39 Å². The molecule has 0 saturated carbocycles. The van der Waals surface area contributed by atoms with E-state index in [1.54, 1.807) is 29.2 Å². The fourth-order valence-electron chi connectivity index (χ4n) is 3.22. The summed E-state index contributed by atoms with van der Waals surface area (Å²) in [6, 6.07) is 25.7.